The molecule has 0 spiro atoms. The lowest BCUT2D eigenvalue weighted by Gasteiger charge is -2.20. The number of hydrogen-bond acceptors (Lipinski definition) is 5. The summed E-state index contributed by atoms with van der Waals surface area (Å²) in [5.41, 5.74) is 6.36. The van der Waals surface area contributed by atoms with E-state index in [0.717, 1.165) is 0 Å². The average Bonchev–Trinajstić information content (AvgIpc) is 2.30. The van der Waals surface area contributed by atoms with E-state index in [1.54, 1.807) is 12.1 Å². The van der Waals surface area contributed by atoms with E-state index in [4.69, 9.17) is 15.6 Å². The summed E-state index contributed by atoms with van der Waals surface area (Å²) in [4.78, 5) is 9.98. The van der Waals surface area contributed by atoms with Gasteiger partial charge < -0.3 is 15.6 Å². The summed E-state index contributed by atoms with van der Waals surface area (Å²) in [7, 11) is 1.47. The Morgan fingerprint density at radius 3 is 2.44 bits per heavy atom. The van der Waals surface area contributed by atoms with E-state index in [1.807, 2.05) is 0 Å². The lowest BCUT2D eigenvalue weighted by molar-refractivity contribution is -0.384. The molecule has 3 N–H and O–H groups in total. The zero-order valence-electron chi connectivity index (χ0n) is 8.87. The van der Waals surface area contributed by atoms with Gasteiger partial charge in [-0.2, -0.15) is 0 Å². The number of rotatable bonds is 5. The van der Waals surface area contributed by atoms with Crippen LogP contribution in [0.3, 0.4) is 0 Å². The second-order valence-corrected chi connectivity index (χ2v) is 3.35. The Hall–Kier alpha value is -1.50. The first-order chi connectivity index (χ1) is 7.60. The molecule has 0 aliphatic carbocycles. The molecular formula is C10H14N2O4. The van der Waals surface area contributed by atoms with Crippen molar-refractivity contribution in [2.45, 2.75) is 12.1 Å². The third kappa shape index (κ3) is 2.75. The Morgan fingerprint density at radius 1 is 1.50 bits per heavy atom. The van der Waals surface area contributed by atoms with Gasteiger partial charge in [0.15, 0.2) is 0 Å². The number of aliphatic hydroxyl groups excluding tert-OH is 1. The maximum absolute atomic E-state index is 10.5. The highest BCUT2D eigenvalue weighted by atomic mass is 16.6. The molecule has 2 unspecified atom stereocenters. The fourth-order valence-corrected chi connectivity index (χ4v) is 1.44. The number of nitro benzene ring substituents is 1. The zero-order valence-corrected chi connectivity index (χ0v) is 8.87. The van der Waals surface area contributed by atoms with Gasteiger partial charge in [-0.05, 0) is 17.7 Å². The number of non-ortho nitro benzene ring substituents is 1. The molecule has 2 atom stereocenters. The Balaban J connectivity index is 2.90. The predicted octanol–water partition coefficient (Wildman–Crippen LogP) is 0.602. The smallest absolute Gasteiger partial charge is 0.269 e. The molecule has 0 aliphatic rings. The van der Waals surface area contributed by atoms with E-state index in [0.29, 0.717) is 5.56 Å². The molecule has 0 aliphatic heterocycles. The Labute approximate surface area is 92.8 Å². The quantitative estimate of drug-likeness (QED) is 0.566. The molecule has 88 valence electrons. The fraction of sp³-hybridized carbons (Fsp3) is 0.400. The van der Waals surface area contributed by atoms with Crippen LogP contribution in [0.2, 0.25) is 0 Å². The Kier molecular flexibility index (Phi) is 4.36. The number of nitrogens with two attached hydrogens (primary N) is 1. The van der Waals surface area contributed by atoms with Crippen molar-refractivity contribution in [3.05, 3.63) is 39.9 Å². The van der Waals surface area contributed by atoms with Crippen LogP contribution in [-0.4, -0.2) is 29.8 Å². The molecule has 0 saturated carbocycles. The van der Waals surface area contributed by atoms with Crippen LogP contribution in [0.1, 0.15) is 11.7 Å². The van der Waals surface area contributed by atoms with Crippen molar-refractivity contribution in [3.63, 3.8) is 0 Å². The molecule has 0 radical (unpaired) electrons. The Bertz CT molecular complexity index is 352. The van der Waals surface area contributed by atoms with Gasteiger partial charge in [-0.15, -0.1) is 0 Å². The van der Waals surface area contributed by atoms with Crippen LogP contribution in [0.15, 0.2) is 24.3 Å². The van der Waals surface area contributed by atoms with Crippen molar-refractivity contribution in [2.75, 3.05) is 13.7 Å². The number of hydrogen-bond donors (Lipinski definition) is 2. The van der Waals surface area contributed by atoms with Gasteiger partial charge in [-0.25, -0.2) is 0 Å². The van der Waals surface area contributed by atoms with Gasteiger partial charge in [-0.3, -0.25) is 10.1 Å². The lowest BCUT2D eigenvalue weighted by atomic mass is 10.0. The molecule has 6 heteroatoms. The van der Waals surface area contributed by atoms with Crippen molar-refractivity contribution in [1.29, 1.82) is 0 Å². The van der Waals surface area contributed by atoms with Crippen molar-refractivity contribution in [2.24, 2.45) is 5.73 Å². The molecule has 6 nitrogen and oxygen atoms in total. The van der Waals surface area contributed by atoms with Gasteiger partial charge in [-0.1, -0.05) is 0 Å². The van der Waals surface area contributed by atoms with Crippen molar-refractivity contribution in [3.8, 4) is 0 Å². The van der Waals surface area contributed by atoms with Gasteiger partial charge in [0.25, 0.3) is 5.69 Å². The molecule has 0 fully saturated rings. The van der Waals surface area contributed by atoms with E-state index < -0.39 is 17.1 Å². The van der Waals surface area contributed by atoms with Gasteiger partial charge >= 0.3 is 0 Å². The van der Waals surface area contributed by atoms with Crippen LogP contribution in [0.4, 0.5) is 5.69 Å². The molecule has 0 aromatic heterocycles. The highest BCUT2D eigenvalue weighted by Crippen LogP contribution is 2.22. The van der Waals surface area contributed by atoms with Crippen LogP contribution >= 0.6 is 0 Å². The van der Waals surface area contributed by atoms with Gasteiger partial charge in [0.2, 0.25) is 0 Å². The summed E-state index contributed by atoms with van der Waals surface area (Å²) in [6, 6.07) is 5.35. The average molecular weight is 226 g/mol. The second-order valence-electron chi connectivity index (χ2n) is 3.35. The third-order valence-electron chi connectivity index (χ3n) is 2.29. The maximum Gasteiger partial charge on any atom is 0.269 e. The fourth-order valence-electron chi connectivity index (χ4n) is 1.44. The molecule has 1 rings (SSSR count). The third-order valence-corrected chi connectivity index (χ3v) is 2.29. The maximum atomic E-state index is 10.5. The lowest BCUT2D eigenvalue weighted by Crippen LogP contribution is -2.33. The van der Waals surface area contributed by atoms with Gasteiger partial charge in [0.05, 0.1) is 23.7 Å². The largest absolute Gasteiger partial charge is 0.395 e. The minimum atomic E-state index is -0.550. The van der Waals surface area contributed by atoms with Crippen molar-refractivity contribution in [1.82, 2.24) is 0 Å². The number of aliphatic hydroxyl groups is 1. The molecular weight excluding hydrogens is 212 g/mol. The van der Waals surface area contributed by atoms with Crippen LogP contribution in [0.5, 0.6) is 0 Å². The summed E-state index contributed by atoms with van der Waals surface area (Å²) in [6.45, 7) is -0.213. The first kappa shape index (κ1) is 12.6. The SMILES string of the molecule is COC(c1ccc([N+](=O)[O-])cc1)C(N)CO. The van der Waals surface area contributed by atoms with E-state index in [1.165, 1.54) is 19.2 Å². The van der Waals surface area contributed by atoms with Crippen LogP contribution in [0, 0.1) is 10.1 Å². The molecule has 0 amide bonds. The standard InChI is InChI=1S/C10H14N2O4/c1-16-10(9(11)6-13)7-2-4-8(5-3-7)12(14)15/h2-5,9-10,13H,6,11H2,1H3. The first-order valence-electron chi connectivity index (χ1n) is 4.73. The summed E-state index contributed by atoms with van der Waals surface area (Å²) in [5, 5.41) is 19.4. The number of ether oxygens (including phenoxy) is 1. The minimum Gasteiger partial charge on any atom is -0.395 e. The monoisotopic (exact) mass is 226 g/mol. The number of benzene rings is 1. The molecule has 16 heavy (non-hydrogen) atoms. The van der Waals surface area contributed by atoms with Crippen LogP contribution in [-0.2, 0) is 4.74 Å². The summed E-state index contributed by atoms with van der Waals surface area (Å²) in [5.74, 6) is 0. The number of methoxy groups -OCH3 is 1. The Morgan fingerprint density at radius 2 is 2.06 bits per heavy atom. The van der Waals surface area contributed by atoms with E-state index >= 15 is 0 Å². The van der Waals surface area contributed by atoms with Crippen LogP contribution in [0.25, 0.3) is 0 Å². The van der Waals surface area contributed by atoms with E-state index in [9.17, 15) is 10.1 Å². The molecule has 0 saturated heterocycles. The van der Waals surface area contributed by atoms with Crippen molar-refractivity contribution >= 4 is 5.69 Å². The van der Waals surface area contributed by atoms with Gasteiger partial charge in [0, 0.05) is 19.2 Å². The van der Waals surface area contributed by atoms with Crippen LogP contribution < -0.4 is 5.73 Å². The van der Waals surface area contributed by atoms with Crippen molar-refractivity contribution < 1.29 is 14.8 Å². The molecule has 0 heterocycles. The van der Waals surface area contributed by atoms with E-state index in [-0.39, 0.29) is 12.3 Å². The highest BCUT2D eigenvalue weighted by molar-refractivity contribution is 5.34. The number of nitrogens with zero attached hydrogens (tertiary/aromatic N) is 1. The summed E-state index contributed by atoms with van der Waals surface area (Å²) >= 11 is 0. The van der Waals surface area contributed by atoms with E-state index in [2.05, 4.69) is 0 Å². The summed E-state index contributed by atoms with van der Waals surface area (Å²) < 4.78 is 5.13. The topological polar surface area (TPSA) is 98.6 Å². The molecule has 1 aromatic carbocycles. The molecule has 0 bridgehead atoms. The number of nitro groups is 1. The summed E-state index contributed by atoms with van der Waals surface area (Å²) in [6.07, 6.45) is -0.467. The van der Waals surface area contributed by atoms with Gasteiger partial charge in [0.1, 0.15) is 0 Å². The predicted molar refractivity (Wildman–Crippen MR) is 57.9 cm³/mol. The highest BCUT2D eigenvalue weighted by Gasteiger charge is 2.19. The minimum absolute atomic E-state index is 0.0103. The first-order valence-corrected chi connectivity index (χ1v) is 4.73. The molecule has 1 aromatic rings. The second kappa shape index (κ2) is 5.55. The zero-order chi connectivity index (χ0) is 12.1. The normalized spacial score (nSPS) is 14.4.